The highest BCUT2D eigenvalue weighted by Gasteiger charge is 2.20. The number of benzene rings is 1. The van der Waals surface area contributed by atoms with Crippen molar-refractivity contribution in [3.8, 4) is 5.75 Å². The van der Waals surface area contributed by atoms with E-state index in [1.165, 1.54) is 24.0 Å². The van der Waals surface area contributed by atoms with E-state index in [1.807, 2.05) is 18.2 Å². The number of anilines is 1. The largest absolute Gasteiger partial charge is 0.497 e. The van der Waals surface area contributed by atoms with Gasteiger partial charge < -0.3 is 10.1 Å². The molecular formula is C13H16N2OS. The minimum absolute atomic E-state index is 0.894. The third-order valence-electron chi connectivity index (χ3n) is 3.12. The number of rotatable bonds is 5. The summed E-state index contributed by atoms with van der Waals surface area (Å²) < 4.78 is 6.39. The number of thiazole rings is 1. The van der Waals surface area contributed by atoms with E-state index >= 15 is 0 Å². The Hall–Kier alpha value is -1.29. The van der Waals surface area contributed by atoms with Crippen LogP contribution in [0.1, 0.15) is 19.3 Å². The SMILES string of the molecule is COc1ccc2nc(NCCC3CC3)sc2c1. The van der Waals surface area contributed by atoms with Gasteiger partial charge in [-0.2, -0.15) is 0 Å². The fourth-order valence-electron chi connectivity index (χ4n) is 1.90. The molecule has 0 atom stereocenters. The van der Waals surface area contributed by atoms with Crippen molar-refractivity contribution in [3.63, 3.8) is 0 Å². The summed E-state index contributed by atoms with van der Waals surface area (Å²) in [6, 6.07) is 6.01. The van der Waals surface area contributed by atoms with Crippen molar-refractivity contribution in [3.05, 3.63) is 18.2 Å². The standard InChI is InChI=1S/C13H16N2OS/c1-16-10-4-5-11-12(8-10)17-13(15-11)14-7-6-9-2-3-9/h4-5,8-9H,2-3,6-7H2,1H3,(H,14,15). The van der Waals surface area contributed by atoms with E-state index in [0.717, 1.165) is 28.9 Å². The molecule has 0 unspecified atom stereocenters. The zero-order chi connectivity index (χ0) is 11.7. The van der Waals surface area contributed by atoms with E-state index in [2.05, 4.69) is 10.3 Å². The Bertz CT molecular complexity index is 519. The molecule has 1 aromatic carbocycles. The molecule has 4 heteroatoms. The molecule has 0 bridgehead atoms. The van der Waals surface area contributed by atoms with Gasteiger partial charge in [0.1, 0.15) is 5.75 Å². The third kappa shape index (κ3) is 2.52. The van der Waals surface area contributed by atoms with Crippen LogP contribution in [0.2, 0.25) is 0 Å². The maximum absolute atomic E-state index is 5.21. The Balaban J connectivity index is 1.71. The van der Waals surface area contributed by atoms with E-state index in [4.69, 9.17) is 4.74 Å². The zero-order valence-electron chi connectivity index (χ0n) is 9.90. The van der Waals surface area contributed by atoms with Crippen LogP contribution in [0, 0.1) is 5.92 Å². The summed E-state index contributed by atoms with van der Waals surface area (Å²) in [4.78, 5) is 4.56. The quantitative estimate of drug-likeness (QED) is 0.879. The molecule has 1 aromatic heterocycles. The molecular weight excluding hydrogens is 232 g/mol. The van der Waals surface area contributed by atoms with Gasteiger partial charge in [-0.25, -0.2) is 4.98 Å². The Morgan fingerprint density at radius 2 is 2.35 bits per heavy atom. The molecule has 1 N–H and O–H groups in total. The number of fused-ring (bicyclic) bond motifs is 1. The zero-order valence-corrected chi connectivity index (χ0v) is 10.7. The van der Waals surface area contributed by atoms with Crippen LogP contribution in [0.25, 0.3) is 10.2 Å². The van der Waals surface area contributed by atoms with Crippen LogP contribution in [0.4, 0.5) is 5.13 Å². The lowest BCUT2D eigenvalue weighted by Crippen LogP contribution is -2.01. The molecule has 90 valence electrons. The smallest absolute Gasteiger partial charge is 0.183 e. The first-order chi connectivity index (χ1) is 8.35. The molecule has 1 heterocycles. The van der Waals surface area contributed by atoms with Gasteiger partial charge >= 0.3 is 0 Å². The minimum Gasteiger partial charge on any atom is -0.497 e. The molecule has 2 aromatic rings. The second-order valence-corrected chi connectivity index (χ2v) is 5.54. The molecule has 1 aliphatic carbocycles. The molecule has 0 amide bonds. The lowest BCUT2D eigenvalue weighted by atomic mass is 10.3. The van der Waals surface area contributed by atoms with Crippen LogP contribution in [-0.4, -0.2) is 18.6 Å². The average Bonchev–Trinajstić information content (AvgIpc) is 3.07. The minimum atomic E-state index is 0.894. The molecule has 17 heavy (non-hydrogen) atoms. The van der Waals surface area contributed by atoms with Crippen LogP contribution in [0.3, 0.4) is 0 Å². The van der Waals surface area contributed by atoms with Crippen molar-refractivity contribution in [2.75, 3.05) is 19.0 Å². The average molecular weight is 248 g/mol. The molecule has 1 saturated carbocycles. The molecule has 0 spiro atoms. The van der Waals surface area contributed by atoms with E-state index in [9.17, 15) is 0 Å². The van der Waals surface area contributed by atoms with Crippen molar-refractivity contribution >= 4 is 26.7 Å². The monoisotopic (exact) mass is 248 g/mol. The van der Waals surface area contributed by atoms with Gasteiger partial charge in [-0.15, -0.1) is 0 Å². The summed E-state index contributed by atoms with van der Waals surface area (Å²) in [6.45, 7) is 1.04. The number of hydrogen-bond acceptors (Lipinski definition) is 4. The van der Waals surface area contributed by atoms with Crippen molar-refractivity contribution in [2.45, 2.75) is 19.3 Å². The predicted molar refractivity (Wildman–Crippen MR) is 72.0 cm³/mol. The molecule has 3 nitrogen and oxygen atoms in total. The molecule has 0 saturated heterocycles. The van der Waals surface area contributed by atoms with Crippen LogP contribution >= 0.6 is 11.3 Å². The highest BCUT2D eigenvalue weighted by Crippen LogP contribution is 2.33. The Morgan fingerprint density at radius 3 is 3.12 bits per heavy atom. The highest BCUT2D eigenvalue weighted by atomic mass is 32.1. The lowest BCUT2D eigenvalue weighted by molar-refractivity contribution is 0.415. The molecule has 1 aliphatic rings. The Kier molecular flexibility index (Phi) is 2.89. The van der Waals surface area contributed by atoms with Gasteiger partial charge in [0.2, 0.25) is 0 Å². The number of hydrogen-bond donors (Lipinski definition) is 1. The van der Waals surface area contributed by atoms with Gasteiger partial charge in [-0.05, 0) is 30.5 Å². The summed E-state index contributed by atoms with van der Waals surface area (Å²) in [5.41, 5.74) is 1.05. The topological polar surface area (TPSA) is 34.1 Å². The first kappa shape index (κ1) is 10.8. The Morgan fingerprint density at radius 1 is 1.47 bits per heavy atom. The second kappa shape index (κ2) is 4.53. The highest BCUT2D eigenvalue weighted by molar-refractivity contribution is 7.22. The van der Waals surface area contributed by atoms with E-state index in [-0.39, 0.29) is 0 Å². The first-order valence-electron chi connectivity index (χ1n) is 6.03. The number of aromatic nitrogens is 1. The van der Waals surface area contributed by atoms with Crippen LogP contribution < -0.4 is 10.1 Å². The van der Waals surface area contributed by atoms with Gasteiger partial charge in [0.25, 0.3) is 0 Å². The third-order valence-corrected chi connectivity index (χ3v) is 4.10. The van der Waals surface area contributed by atoms with Gasteiger partial charge in [-0.3, -0.25) is 0 Å². The molecule has 1 fully saturated rings. The lowest BCUT2D eigenvalue weighted by Gasteiger charge is -1.99. The maximum atomic E-state index is 5.21. The number of ether oxygens (including phenoxy) is 1. The summed E-state index contributed by atoms with van der Waals surface area (Å²) in [5.74, 6) is 1.86. The molecule has 0 radical (unpaired) electrons. The second-order valence-electron chi connectivity index (χ2n) is 4.51. The first-order valence-corrected chi connectivity index (χ1v) is 6.85. The van der Waals surface area contributed by atoms with Crippen LogP contribution in [-0.2, 0) is 0 Å². The van der Waals surface area contributed by atoms with Crippen LogP contribution in [0.5, 0.6) is 5.75 Å². The van der Waals surface area contributed by atoms with Crippen molar-refractivity contribution in [2.24, 2.45) is 5.92 Å². The predicted octanol–water partition coefficient (Wildman–Crippen LogP) is 3.52. The van der Waals surface area contributed by atoms with Crippen LogP contribution in [0.15, 0.2) is 18.2 Å². The summed E-state index contributed by atoms with van der Waals surface area (Å²) in [7, 11) is 1.69. The summed E-state index contributed by atoms with van der Waals surface area (Å²) >= 11 is 1.70. The van der Waals surface area contributed by atoms with E-state index in [1.54, 1.807) is 18.4 Å². The molecule has 0 aliphatic heterocycles. The maximum Gasteiger partial charge on any atom is 0.183 e. The number of nitrogens with zero attached hydrogens (tertiary/aromatic N) is 1. The normalized spacial score (nSPS) is 15.1. The fourth-order valence-corrected chi connectivity index (χ4v) is 2.82. The van der Waals surface area contributed by atoms with Gasteiger partial charge in [0, 0.05) is 6.54 Å². The van der Waals surface area contributed by atoms with Gasteiger partial charge in [-0.1, -0.05) is 24.2 Å². The van der Waals surface area contributed by atoms with E-state index < -0.39 is 0 Å². The van der Waals surface area contributed by atoms with Crippen molar-refractivity contribution < 1.29 is 4.74 Å². The number of nitrogens with one attached hydrogen (secondary N) is 1. The van der Waals surface area contributed by atoms with Gasteiger partial charge in [0.05, 0.1) is 17.3 Å². The summed E-state index contributed by atoms with van der Waals surface area (Å²) in [5, 5.41) is 4.43. The number of methoxy groups -OCH3 is 1. The molecule has 3 rings (SSSR count). The Labute approximate surface area is 105 Å². The van der Waals surface area contributed by atoms with Crippen molar-refractivity contribution in [1.29, 1.82) is 0 Å². The van der Waals surface area contributed by atoms with Crippen molar-refractivity contribution in [1.82, 2.24) is 4.98 Å². The summed E-state index contributed by atoms with van der Waals surface area (Å²) in [6.07, 6.45) is 4.11. The van der Waals surface area contributed by atoms with Gasteiger partial charge in [0.15, 0.2) is 5.13 Å². The van der Waals surface area contributed by atoms with E-state index in [0.29, 0.717) is 0 Å². The fraction of sp³-hybridized carbons (Fsp3) is 0.462.